The lowest BCUT2D eigenvalue weighted by Gasteiger charge is -2.33. The zero-order chi connectivity index (χ0) is 19.2. The Labute approximate surface area is 160 Å². The minimum atomic E-state index is -0.556. The first-order valence-corrected chi connectivity index (χ1v) is 9.64. The molecule has 7 heteroatoms. The fraction of sp³-hybridized carbons (Fsp3) is 0.600. The molecule has 27 heavy (non-hydrogen) atoms. The summed E-state index contributed by atoms with van der Waals surface area (Å²) in [4.78, 5) is 27.7. The summed E-state index contributed by atoms with van der Waals surface area (Å²) in [7, 11) is 3.22. The molecule has 0 bridgehead atoms. The Balaban J connectivity index is 1.82. The fourth-order valence-electron chi connectivity index (χ4n) is 4.02. The van der Waals surface area contributed by atoms with E-state index in [0.29, 0.717) is 25.5 Å². The highest BCUT2D eigenvalue weighted by Gasteiger charge is 2.40. The number of nitrogens with zero attached hydrogens (tertiary/aromatic N) is 1. The van der Waals surface area contributed by atoms with Gasteiger partial charge in [-0.25, -0.2) is 0 Å². The largest absolute Gasteiger partial charge is 0.496 e. The predicted octanol–water partition coefficient (Wildman–Crippen LogP) is 1.24. The summed E-state index contributed by atoms with van der Waals surface area (Å²) >= 11 is 0. The third kappa shape index (κ3) is 4.42. The van der Waals surface area contributed by atoms with E-state index >= 15 is 0 Å². The van der Waals surface area contributed by atoms with Gasteiger partial charge in [-0.3, -0.25) is 14.5 Å². The summed E-state index contributed by atoms with van der Waals surface area (Å²) < 4.78 is 10.8. The van der Waals surface area contributed by atoms with Crippen LogP contribution in [0.25, 0.3) is 0 Å². The summed E-state index contributed by atoms with van der Waals surface area (Å²) in [5.74, 6) is 0.523. The van der Waals surface area contributed by atoms with Crippen LogP contribution >= 0.6 is 0 Å². The van der Waals surface area contributed by atoms with Crippen LogP contribution in [0.4, 0.5) is 0 Å². The fourth-order valence-corrected chi connectivity index (χ4v) is 4.02. The van der Waals surface area contributed by atoms with E-state index in [1.165, 1.54) is 0 Å². The van der Waals surface area contributed by atoms with Crippen molar-refractivity contribution in [3.05, 3.63) is 29.8 Å². The highest BCUT2D eigenvalue weighted by Crippen LogP contribution is 2.34. The van der Waals surface area contributed by atoms with Gasteiger partial charge in [0, 0.05) is 38.4 Å². The van der Waals surface area contributed by atoms with Crippen molar-refractivity contribution in [3.63, 3.8) is 0 Å². The number of ether oxygens (including phenoxy) is 2. The zero-order valence-electron chi connectivity index (χ0n) is 16.1. The van der Waals surface area contributed by atoms with Gasteiger partial charge in [0.15, 0.2) is 0 Å². The van der Waals surface area contributed by atoms with Gasteiger partial charge in [0.05, 0.1) is 13.2 Å². The number of amides is 2. The van der Waals surface area contributed by atoms with Gasteiger partial charge < -0.3 is 20.1 Å². The van der Waals surface area contributed by atoms with Crippen molar-refractivity contribution in [3.8, 4) is 5.75 Å². The third-order valence-electron chi connectivity index (χ3n) is 5.42. The molecule has 0 saturated carbocycles. The van der Waals surface area contributed by atoms with Crippen LogP contribution in [-0.4, -0.2) is 62.7 Å². The van der Waals surface area contributed by atoms with Gasteiger partial charge >= 0.3 is 0 Å². The Kier molecular flexibility index (Phi) is 6.68. The Morgan fingerprint density at radius 2 is 1.96 bits per heavy atom. The van der Waals surface area contributed by atoms with Crippen LogP contribution in [0.1, 0.15) is 37.3 Å². The molecule has 7 nitrogen and oxygen atoms in total. The van der Waals surface area contributed by atoms with E-state index in [1.807, 2.05) is 29.2 Å². The number of likely N-dealkylation sites (N-methyl/N-ethyl adjacent to an activating group) is 1. The van der Waals surface area contributed by atoms with E-state index in [2.05, 4.69) is 10.6 Å². The van der Waals surface area contributed by atoms with Crippen molar-refractivity contribution in [1.82, 2.24) is 15.5 Å². The molecule has 2 aliphatic rings. The van der Waals surface area contributed by atoms with Crippen molar-refractivity contribution in [1.29, 1.82) is 0 Å². The third-order valence-corrected chi connectivity index (χ3v) is 5.42. The Bertz CT molecular complexity index is 660. The van der Waals surface area contributed by atoms with Gasteiger partial charge in [-0.15, -0.1) is 0 Å². The average molecular weight is 375 g/mol. The normalized spacial score (nSPS) is 22.2. The second-order valence-electron chi connectivity index (χ2n) is 7.05. The molecule has 3 rings (SSSR count). The van der Waals surface area contributed by atoms with Gasteiger partial charge in [0.2, 0.25) is 11.8 Å². The second-order valence-corrected chi connectivity index (χ2v) is 7.05. The highest BCUT2D eigenvalue weighted by atomic mass is 16.5. The van der Waals surface area contributed by atoms with Crippen molar-refractivity contribution in [2.24, 2.45) is 0 Å². The number of rotatable bonds is 6. The quantitative estimate of drug-likeness (QED) is 0.782. The van der Waals surface area contributed by atoms with Gasteiger partial charge in [0.1, 0.15) is 11.8 Å². The summed E-state index contributed by atoms with van der Waals surface area (Å²) in [6, 6.07) is 6.78. The number of hydrogen-bond donors (Lipinski definition) is 2. The molecule has 2 heterocycles. The van der Waals surface area contributed by atoms with E-state index in [1.54, 1.807) is 14.2 Å². The van der Waals surface area contributed by atoms with Crippen LogP contribution < -0.4 is 15.4 Å². The molecule has 1 aromatic rings. The number of nitrogens with one attached hydrogen (secondary N) is 2. The Hall–Kier alpha value is -2.12. The van der Waals surface area contributed by atoms with Crippen molar-refractivity contribution < 1.29 is 19.1 Å². The number of hydrogen-bond acceptors (Lipinski definition) is 5. The lowest BCUT2D eigenvalue weighted by Crippen LogP contribution is -2.51. The first-order chi connectivity index (χ1) is 13.2. The lowest BCUT2D eigenvalue weighted by atomic mass is 10.0. The van der Waals surface area contributed by atoms with E-state index in [9.17, 15) is 9.59 Å². The van der Waals surface area contributed by atoms with Crippen molar-refractivity contribution >= 4 is 11.8 Å². The minimum Gasteiger partial charge on any atom is -0.496 e. The summed E-state index contributed by atoms with van der Waals surface area (Å²) in [5.41, 5.74) is 0.783. The van der Waals surface area contributed by atoms with E-state index in [4.69, 9.17) is 9.47 Å². The zero-order valence-corrected chi connectivity index (χ0v) is 16.1. The molecule has 0 aromatic heterocycles. The van der Waals surface area contributed by atoms with Gasteiger partial charge in [-0.1, -0.05) is 18.2 Å². The van der Waals surface area contributed by atoms with E-state index in [-0.39, 0.29) is 23.9 Å². The van der Waals surface area contributed by atoms with Gasteiger partial charge in [-0.2, -0.15) is 0 Å². The molecular weight excluding hydrogens is 346 g/mol. The maximum absolute atomic E-state index is 13.0. The molecule has 2 N–H and O–H groups in total. The van der Waals surface area contributed by atoms with Gasteiger partial charge in [0.25, 0.3) is 0 Å². The number of benzene rings is 1. The van der Waals surface area contributed by atoms with Crippen molar-refractivity contribution in [2.75, 3.05) is 33.9 Å². The van der Waals surface area contributed by atoms with Crippen molar-refractivity contribution in [2.45, 2.75) is 43.8 Å². The van der Waals surface area contributed by atoms with Crippen LogP contribution in [0.2, 0.25) is 0 Å². The second kappa shape index (κ2) is 9.19. The van der Waals surface area contributed by atoms with Crippen LogP contribution in [-0.2, 0) is 14.3 Å². The Morgan fingerprint density at radius 3 is 2.67 bits per heavy atom. The molecule has 2 aliphatic heterocycles. The number of carbonyl (C=O) groups is 2. The molecule has 2 unspecified atom stereocenters. The smallest absolute Gasteiger partial charge is 0.241 e. The maximum Gasteiger partial charge on any atom is 0.241 e. The molecule has 2 fully saturated rings. The Morgan fingerprint density at radius 1 is 1.22 bits per heavy atom. The molecule has 2 amide bonds. The topological polar surface area (TPSA) is 79.9 Å². The number of methoxy groups -OCH3 is 1. The summed E-state index contributed by atoms with van der Waals surface area (Å²) in [5, 5.41) is 5.91. The van der Waals surface area contributed by atoms with Crippen LogP contribution in [0, 0.1) is 0 Å². The monoisotopic (exact) mass is 375 g/mol. The van der Waals surface area contributed by atoms with E-state index in [0.717, 1.165) is 31.2 Å². The molecule has 0 spiro atoms. The molecule has 2 atom stereocenters. The molecule has 2 saturated heterocycles. The minimum absolute atomic E-state index is 0.00296. The number of likely N-dealkylation sites (tertiary alicyclic amines) is 1. The lowest BCUT2D eigenvalue weighted by molar-refractivity contribution is -0.131. The molecular formula is C20H29N3O4. The van der Waals surface area contributed by atoms with Gasteiger partial charge in [-0.05, 0) is 31.7 Å². The molecule has 0 radical (unpaired) electrons. The van der Waals surface area contributed by atoms with Crippen LogP contribution in [0.15, 0.2) is 24.3 Å². The van der Waals surface area contributed by atoms with Crippen LogP contribution in [0.5, 0.6) is 5.75 Å². The molecule has 148 valence electrons. The first-order valence-electron chi connectivity index (χ1n) is 9.64. The SMILES string of the molecule is CNC(=O)C(c1ccccc1OC)N1CCCC1C(=O)NC1CCOCC1. The molecule has 1 aromatic carbocycles. The average Bonchev–Trinajstić information content (AvgIpc) is 3.18. The first kappa shape index (κ1) is 19.6. The molecule has 0 aliphatic carbocycles. The standard InChI is InChI=1S/C20H29N3O4/c1-21-20(25)18(15-6-3-4-8-17(15)26-2)23-11-5-7-16(23)19(24)22-14-9-12-27-13-10-14/h3-4,6,8,14,16,18H,5,7,9-13H2,1-2H3,(H,21,25)(H,22,24). The highest BCUT2D eigenvalue weighted by molar-refractivity contribution is 5.87. The van der Waals surface area contributed by atoms with Crippen LogP contribution in [0.3, 0.4) is 0 Å². The summed E-state index contributed by atoms with van der Waals surface area (Å²) in [6.07, 6.45) is 3.31. The van der Waals surface area contributed by atoms with E-state index < -0.39 is 6.04 Å². The predicted molar refractivity (Wildman–Crippen MR) is 102 cm³/mol. The summed E-state index contributed by atoms with van der Waals surface area (Å²) in [6.45, 7) is 2.06. The number of carbonyl (C=O) groups excluding carboxylic acids is 2. The number of para-hydroxylation sites is 1. The maximum atomic E-state index is 13.0.